The van der Waals surface area contributed by atoms with Crippen LogP contribution < -0.4 is 10.1 Å². The van der Waals surface area contributed by atoms with Crippen LogP contribution >= 0.6 is 15.9 Å². The van der Waals surface area contributed by atoms with Gasteiger partial charge in [0.25, 0.3) is 5.91 Å². The summed E-state index contributed by atoms with van der Waals surface area (Å²) in [5, 5.41) is 11.5. The van der Waals surface area contributed by atoms with Crippen LogP contribution in [0.15, 0.2) is 47.2 Å². The topological polar surface area (TPSA) is 88.5 Å². The second-order valence-corrected chi connectivity index (χ2v) is 4.97. The highest BCUT2D eigenvalue weighted by Gasteiger charge is 2.07. The lowest BCUT2D eigenvalue weighted by Crippen LogP contribution is -2.20. The molecule has 1 amide bonds. The smallest absolute Gasteiger partial charge is 0.337 e. The highest BCUT2D eigenvalue weighted by molar-refractivity contribution is 9.10. The van der Waals surface area contributed by atoms with Crippen LogP contribution in [0.5, 0.6) is 5.75 Å². The van der Waals surface area contributed by atoms with Crippen molar-refractivity contribution < 1.29 is 19.4 Å². The third kappa shape index (κ3) is 4.57. The van der Waals surface area contributed by atoms with Gasteiger partial charge in [0.05, 0.1) is 11.8 Å². The van der Waals surface area contributed by atoms with E-state index in [-0.39, 0.29) is 23.8 Å². The van der Waals surface area contributed by atoms with Crippen LogP contribution in [0.4, 0.5) is 5.69 Å². The van der Waals surface area contributed by atoms with Gasteiger partial charge in [0, 0.05) is 16.4 Å². The molecule has 1 heterocycles. The van der Waals surface area contributed by atoms with E-state index in [1.807, 2.05) is 0 Å². The van der Waals surface area contributed by atoms with Gasteiger partial charge < -0.3 is 15.2 Å². The molecule has 21 heavy (non-hydrogen) atoms. The lowest BCUT2D eigenvalue weighted by Gasteiger charge is -2.07. The first kappa shape index (κ1) is 15.0. The molecule has 7 heteroatoms. The van der Waals surface area contributed by atoms with Gasteiger partial charge >= 0.3 is 5.97 Å². The monoisotopic (exact) mass is 350 g/mol. The number of halogens is 1. The third-order valence-corrected chi connectivity index (χ3v) is 2.99. The zero-order valence-corrected chi connectivity index (χ0v) is 12.3. The predicted molar refractivity (Wildman–Crippen MR) is 79.5 cm³/mol. The van der Waals surface area contributed by atoms with Gasteiger partial charge in [0.2, 0.25) is 0 Å². The zero-order chi connectivity index (χ0) is 15.2. The fourth-order valence-electron chi connectivity index (χ4n) is 1.49. The normalized spacial score (nSPS) is 9.95. The number of nitrogens with one attached hydrogen (secondary N) is 1. The van der Waals surface area contributed by atoms with Crippen molar-refractivity contribution in [3.63, 3.8) is 0 Å². The molecule has 0 unspecified atom stereocenters. The van der Waals surface area contributed by atoms with Gasteiger partial charge in [-0.25, -0.2) is 4.79 Å². The van der Waals surface area contributed by atoms with E-state index in [0.717, 1.165) is 4.47 Å². The number of hydrogen-bond donors (Lipinski definition) is 2. The van der Waals surface area contributed by atoms with Gasteiger partial charge in [-0.1, -0.05) is 15.9 Å². The Labute approximate surface area is 128 Å². The Morgan fingerprint density at radius 1 is 1.24 bits per heavy atom. The largest absolute Gasteiger partial charge is 0.482 e. The lowest BCUT2D eigenvalue weighted by molar-refractivity contribution is -0.118. The van der Waals surface area contributed by atoms with Gasteiger partial charge in [0.1, 0.15) is 5.75 Å². The molecular formula is C14H11BrN2O4. The van der Waals surface area contributed by atoms with Crippen LogP contribution in [0.25, 0.3) is 0 Å². The Morgan fingerprint density at radius 3 is 2.62 bits per heavy atom. The van der Waals surface area contributed by atoms with E-state index in [1.165, 1.54) is 18.5 Å². The number of benzene rings is 1. The molecule has 0 bridgehead atoms. The standard InChI is InChI=1S/C14H11BrN2O4/c15-10-1-3-11(4-2-10)17-13(18)8-21-12-5-9(14(19)20)6-16-7-12/h1-7H,8H2,(H,17,18)(H,19,20). The summed E-state index contributed by atoms with van der Waals surface area (Å²) in [6, 6.07) is 8.40. The Balaban J connectivity index is 1.90. The van der Waals surface area contributed by atoms with E-state index in [9.17, 15) is 9.59 Å². The van der Waals surface area contributed by atoms with Crippen molar-refractivity contribution >= 4 is 33.5 Å². The summed E-state index contributed by atoms with van der Waals surface area (Å²) in [5.41, 5.74) is 0.644. The van der Waals surface area contributed by atoms with Gasteiger partial charge in [0.15, 0.2) is 6.61 Å². The highest BCUT2D eigenvalue weighted by Crippen LogP contribution is 2.14. The molecule has 108 valence electrons. The summed E-state index contributed by atoms with van der Waals surface area (Å²) >= 11 is 3.30. The number of carboxylic acid groups (broad SMARTS) is 1. The number of aromatic carboxylic acids is 1. The van der Waals surface area contributed by atoms with Crippen molar-refractivity contribution in [2.75, 3.05) is 11.9 Å². The number of pyridine rings is 1. The van der Waals surface area contributed by atoms with E-state index in [1.54, 1.807) is 24.3 Å². The van der Waals surface area contributed by atoms with Gasteiger partial charge in [-0.3, -0.25) is 9.78 Å². The molecule has 0 aliphatic heterocycles. The van der Waals surface area contributed by atoms with E-state index in [0.29, 0.717) is 5.69 Å². The number of amides is 1. The number of anilines is 1. The maximum Gasteiger partial charge on any atom is 0.337 e. The zero-order valence-electron chi connectivity index (χ0n) is 10.7. The van der Waals surface area contributed by atoms with Crippen LogP contribution in [-0.4, -0.2) is 28.6 Å². The highest BCUT2D eigenvalue weighted by atomic mass is 79.9. The number of carbonyl (C=O) groups excluding carboxylic acids is 1. The Kier molecular flexibility index (Phi) is 4.89. The second-order valence-electron chi connectivity index (χ2n) is 4.06. The van der Waals surface area contributed by atoms with E-state index >= 15 is 0 Å². The molecule has 0 saturated carbocycles. The number of nitrogens with zero attached hydrogens (tertiary/aromatic N) is 1. The summed E-state index contributed by atoms with van der Waals surface area (Å²) in [6.07, 6.45) is 2.55. The molecule has 2 N–H and O–H groups in total. The van der Waals surface area contributed by atoms with Gasteiger partial charge in [-0.2, -0.15) is 0 Å². The average molecular weight is 351 g/mol. The van der Waals surface area contributed by atoms with Crippen LogP contribution in [0.2, 0.25) is 0 Å². The van der Waals surface area contributed by atoms with Crippen molar-refractivity contribution in [2.45, 2.75) is 0 Å². The van der Waals surface area contributed by atoms with Crippen molar-refractivity contribution in [1.29, 1.82) is 0 Å². The molecule has 0 fully saturated rings. The summed E-state index contributed by atoms with van der Waals surface area (Å²) in [5.74, 6) is -1.23. The van der Waals surface area contributed by atoms with Gasteiger partial charge in [-0.05, 0) is 30.3 Å². The number of carboxylic acids is 1. The number of ether oxygens (including phenoxy) is 1. The summed E-state index contributed by atoms with van der Waals surface area (Å²) in [7, 11) is 0. The van der Waals surface area contributed by atoms with Crippen LogP contribution in [-0.2, 0) is 4.79 Å². The summed E-state index contributed by atoms with van der Waals surface area (Å²) in [6.45, 7) is -0.235. The molecule has 2 aromatic rings. The van der Waals surface area contributed by atoms with Crippen molar-refractivity contribution in [2.24, 2.45) is 0 Å². The number of aromatic nitrogens is 1. The predicted octanol–water partition coefficient (Wildman–Crippen LogP) is 2.56. The molecule has 0 aliphatic carbocycles. The molecule has 0 saturated heterocycles. The van der Waals surface area contributed by atoms with Crippen LogP contribution in [0, 0.1) is 0 Å². The van der Waals surface area contributed by atoms with Crippen molar-refractivity contribution in [3.05, 3.63) is 52.8 Å². The molecule has 0 aliphatic rings. The Morgan fingerprint density at radius 2 is 1.95 bits per heavy atom. The fourth-order valence-corrected chi connectivity index (χ4v) is 1.76. The Hall–Kier alpha value is -2.41. The van der Waals surface area contributed by atoms with E-state index < -0.39 is 5.97 Å². The average Bonchev–Trinajstić information content (AvgIpc) is 2.48. The van der Waals surface area contributed by atoms with E-state index in [2.05, 4.69) is 26.2 Å². The van der Waals surface area contributed by atoms with Gasteiger partial charge in [-0.15, -0.1) is 0 Å². The molecule has 2 rings (SSSR count). The maximum absolute atomic E-state index is 11.7. The minimum absolute atomic E-state index is 0.000757. The molecule has 0 atom stereocenters. The lowest BCUT2D eigenvalue weighted by atomic mass is 10.3. The molecule has 1 aromatic heterocycles. The first-order chi connectivity index (χ1) is 10.0. The van der Waals surface area contributed by atoms with Crippen molar-refractivity contribution in [3.8, 4) is 5.75 Å². The minimum atomic E-state index is -1.10. The first-order valence-electron chi connectivity index (χ1n) is 5.91. The number of hydrogen-bond acceptors (Lipinski definition) is 4. The molecular weight excluding hydrogens is 340 g/mol. The minimum Gasteiger partial charge on any atom is -0.482 e. The van der Waals surface area contributed by atoms with Crippen LogP contribution in [0.1, 0.15) is 10.4 Å². The molecule has 0 radical (unpaired) electrons. The van der Waals surface area contributed by atoms with Crippen LogP contribution in [0.3, 0.4) is 0 Å². The Bertz CT molecular complexity index is 658. The maximum atomic E-state index is 11.7. The molecule has 6 nitrogen and oxygen atoms in total. The second kappa shape index (κ2) is 6.85. The summed E-state index contributed by atoms with van der Waals surface area (Å²) < 4.78 is 6.12. The fraction of sp³-hybridized carbons (Fsp3) is 0.0714. The SMILES string of the molecule is O=C(COc1cncc(C(=O)O)c1)Nc1ccc(Br)cc1. The number of rotatable bonds is 5. The quantitative estimate of drug-likeness (QED) is 0.864. The number of carbonyl (C=O) groups is 2. The summed E-state index contributed by atoms with van der Waals surface area (Å²) in [4.78, 5) is 26.2. The molecule has 0 spiro atoms. The van der Waals surface area contributed by atoms with E-state index in [4.69, 9.17) is 9.84 Å². The molecule has 1 aromatic carbocycles. The third-order valence-electron chi connectivity index (χ3n) is 2.46. The first-order valence-corrected chi connectivity index (χ1v) is 6.70. The van der Waals surface area contributed by atoms with Crippen molar-refractivity contribution in [1.82, 2.24) is 4.98 Å².